The molecule has 7 nitrogen and oxygen atoms in total. The highest BCUT2D eigenvalue weighted by Gasteiger charge is 2.41. The predicted octanol–water partition coefficient (Wildman–Crippen LogP) is 5.08. The summed E-state index contributed by atoms with van der Waals surface area (Å²) < 4.78 is 16.3. The second kappa shape index (κ2) is 11.1. The molecule has 4 aromatic rings. The van der Waals surface area contributed by atoms with Gasteiger partial charge < -0.3 is 20.1 Å². The smallest absolute Gasteiger partial charge is 0.226 e. The molecule has 1 fully saturated rings. The number of nitrogens with zero attached hydrogens (tertiary/aromatic N) is 4. The molecule has 0 unspecified atom stereocenters. The van der Waals surface area contributed by atoms with Gasteiger partial charge in [0.2, 0.25) is 5.91 Å². The molecule has 0 spiro atoms. The van der Waals surface area contributed by atoms with Gasteiger partial charge in [-0.15, -0.1) is 0 Å². The van der Waals surface area contributed by atoms with Crippen LogP contribution in [0.1, 0.15) is 46.7 Å². The fourth-order valence-electron chi connectivity index (χ4n) is 5.03. The molecule has 0 bridgehead atoms. The van der Waals surface area contributed by atoms with E-state index in [9.17, 15) is 9.18 Å². The number of carbonyl (C=O) groups excluding carboxylic acids is 1. The van der Waals surface area contributed by atoms with Gasteiger partial charge in [-0.2, -0.15) is 0 Å². The Hall–Kier alpha value is -4.11. The van der Waals surface area contributed by atoms with E-state index in [1.54, 1.807) is 30.6 Å². The summed E-state index contributed by atoms with van der Waals surface area (Å²) in [7, 11) is 0. The van der Waals surface area contributed by atoms with Gasteiger partial charge in [0.05, 0.1) is 23.5 Å². The Balaban J connectivity index is 1.43. The van der Waals surface area contributed by atoms with E-state index >= 15 is 0 Å². The van der Waals surface area contributed by atoms with E-state index in [1.165, 1.54) is 6.07 Å². The van der Waals surface area contributed by atoms with Crippen LogP contribution >= 0.6 is 12.2 Å². The van der Waals surface area contributed by atoms with Crippen LogP contribution in [0.2, 0.25) is 0 Å². The molecule has 3 aromatic heterocycles. The first-order chi connectivity index (χ1) is 18.4. The molecule has 1 amide bonds. The number of aromatic nitrogens is 3. The Morgan fingerprint density at radius 2 is 1.92 bits per heavy atom. The summed E-state index contributed by atoms with van der Waals surface area (Å²) in [6.07, 6.45) is 5.57. The lowest BCUT2D eigenvalue weighted by atomic mass is 9.96. The molecule has 5 rings (SSSR count). The number of hydrogen-bond donors (Lipinski definition) is 2. The van der Waals surface area contributed by atoms with Gasteiger partial charge in [-0.05, 0) is 73.6 Å². The Labute approximate surface area is 226 Å². The lowest BCUT2D eigenvalue weighted by molar-refractivity contribution is -0.116. The monoisotopic (exact) mass is 528 g/mol. The summed E-state index contributed by atoms with van der Waals surface area (Å²) in [5, 5.41) is 6.67. The maximum Gasteiger partial charge on any atom is 0.226 e. The summed E-state index contributed by atoms with van der Waals surface area (Å²) in [6, 6.07) is 17.8. The highest BCUT2D eigenvalue weighted by Crippen LogP contribution is 2.41. The number of aryl methyl sites for hydroxylation is 1. The Morgan fingerprint density at radius 1 is 1.11 bits per heavy atom. The van der Waals surface area contributed by atoms with Crippen LogP contribution in [0.5, 0.6) is 0 Å². The molecule has 38 heavy (non-hydrogen) atoms. The van der Waals surface area contributed by atoms with Crippen LogP contribution in [-0.2, 0) is 11.3 Å². The quantitative estimate of drug-likeness (QED) is 0.311. The third kappa shape index (κ3) is 5.28. The number of carbonyl (C=O) groups is 1. The van der Waals surface area contributed by atoms with E-state index in [2.05, 4.69) is 51.1 Å². The van der Waals surface area contributed by atoms with Gasteiger partial charge in [0.15, 0.2) is 5.11 Å². The van der Waals surface area contributed by atoms with Crippen molar-refractivity contribution in [1.29, 1.82) is 0 Å². The van der Waals surface area contributed by atoms with E-state index in [0.29, 0.717) is 18.2 Å². The fraction of sp³-hybridized carbons (Fsp3) is 0.241. The maximum absolute atomic E-state index is 14.0. The van der Waals surface area contributed by atoms with Crippen molar-refractivity contribution in [2.24, 2.45) is 0 Å². The molecule has 4 heterocycles. The predicted molar refractivity (Wildman–Crippen MR) is 149 cm³/mol. The molecule has 0 saturated carbocycles. The van der Waals surface area contributed by atoms with Crippen LogP contribution in [0.4, 0.5) is 10.1 Å². The number of amides is 1. The first-order valence-corrected chi connectivity index (χ1v) is 12.9. The Morgan fingerprint density at radius 3 is 2.66 bits per heavy atom. The number of halogens is 1. The molecule has 1 aliphatic rings. The minimum Gasteiger partial charge on any atom is -0.352 e. The minimum absolute atomic E-state index is 0.149. The average molecular weight is 529 g/mol. The van der Waals surface area contributed by atoms with Gasteiger partial charge in [0, 0.05) is 49.5 Å². The summed E-state index contributed by atoms with van der Waals surface area (Å²) in [5.74, 6) is -0.742. The van der Waals surface area contributed by atoms with E-state index in [0.717, 1.165) is 28.2 Å². The molecule has 1 saturated heterocycles. The maximum atomic E-state index is 14.0. The van der Waals surface area contributed by atoms with E-state index < -0.39 is 5.82 Å². The van der Waals surface area contributed by atoms with Gasteiger partial charge in [-0.1, -0.05) is 24.3 Å². The molecule has 2 atom stereocenters. The molecular formula is C29H29FN6OS. The van der Waals surface area contributed by atoms with E-state index in [-0.39, 0.29) is 30.1 Å². The van der Waals surface area contributed by atoms with Crippen molar-refractivity contribution in [2.45, 2.75) is 38.9 Å². The topological polar surface area (TPSA) is 75.1 Å². The van der Waals surface area contributed by atoms with Gasteiger partial charge >= 0.3 is 0 Å². The number of pyridine rings is 2. The van der Waals surface area contributed by atoms with Crippen molar-refractivity contribution in [2.75, 3.05) is 11.9 Å². The number of thiocarbonyl (C=S) groups is 1. The normalized spacial score (nSPS) is 16.9. The van der Waals surface area contributed by atoms with Crippen molar-refractivity contribution in [3.05, 3.63) is 113 Å². The van der Waals surface area contributed by atoms with Crippen LogP contribution < -0.4 is 10.6 Å². The standard InChI is InChI=1S/C29H29FN6OS/c1-19-16-22(20(2)36(19)18-21-8-7-13-31-17-21)28-27(25-11-5-6-14-32-25)34-29(38)35(28)15-12-26(37)33-24-10-4-3-9-23(24)30/h3-11,13-14,16-17,27-28H,12,15,18H2,1-2H3,(H,33,37)(H,34,38)/t27-,28-/m0/s1. The average Bonchev–Trinajstić information content (AvgIpc) is 3.40. The van der Waals surface area contributed by atoms with Crippen molar-refractivity contribution in [3.8, 4) is 0 Å². The van der Waals surface area contributed by atoms with Crippen molar-refractivity contribution >= 4 is 28.9 Å². The lowest BCUT2D eigenvalue weighted by Crippen LogP contribution is -2.33. The lowest BCUT2D eigenvalue weighted by Gasteiger charge is -2.28. The molecule has 194 valence electrons. The molecule has 2 N–H and O–H groups in total. The first-order valence-electron chi connectivity index (χ1n) is 12.5. The summed E-state index contributed by atoms with van der Waals surface area (Å²) in [4.78, 5) is 23.7. The molecular weight excluding hydrogens is 499 g/mol. The van der Waals surface area contributed by atoms with E-state index in [1.807, 2.05) is 35.4 Å². The third-order valence-electron chi connectivity index (χ3n) is 6.92. The van der Waals surface area contributed by atoms with Gasteiger partial charge in [0.25, 0.3) is 0 Å². The molecule has 1 aliphatic heterocycles. The second-order valence-corrected chi connectivity index (χ2v) is 9.76. The minimum atomic E-state index is -0.464. The number of hydrogen-bond acceptors (Lipinski definition) is 4. The zero-order valence-electron chi connectivity index (χ0n) is 21.3. The first kappa shape index (κ1) is 25.5. The number of anilines is 1. The van der Waals surface area contributed by atoms with Crippen molar-refractivity contribution < 1.29 is 9.18 Å². The third-order valence-corrected chi connectivity index (χ3v) is 7.27. The zero-order valence-corrected chi connectivity index (χ0v) is 22.1. The number of para-hydroxylation sites is 1. The van der Waals surface area contributed by atoms with Crippen LogP contribution in [0.15, 0.2) is 79.3 Å². The van der Waals surface area contributed by atoms with Gasteiger partial charge in [-0.25, -0.2) is 4.39 Å². The van der Waals surface area contributed by atoms with Crippen LogP contribution in [0.3, 0.4) is 0 Å². The fourth-order valence-corrected chi connectivity index (χ4v) is 5.36. The van der Waals surface area contributed by atoms with Crippen LogP contribution in [-0.4, -0.2) is 37.0 Å². The van der Waals surface area contributed by atoms with Crippen LogP contribution in [0, 0.1) is 19.7 Å². The zero-order chi connectivity index (χ0) is 26.6. The van der Waals surface area contributed by atoms with Gasteiger partial charge in [-0.3, -0.25) is 14.8 Å². The second-order valence-electron chi connectivity index (χ2n) is 9.37. The number of nitrogens with one attached hydrogen (secondary N) is 2. The summed E-state index contributed by atoms with van der Waals surface area (Å²) >= 11 is 5.77. The van der Waals surface area contributed by atoms with E-state index in [4.69, 9.17) is 12.2 Å². The number of rotatable bonds is 8. The van der Waals surface area contributed by atoms with Crippen LogP contribution in [0.25, 0.3) is 0 Å². The summed E-state index contributed by atoms with van der Waals surface area (Å²) in [6.45, 7) is 5.27. The molecule has 0 radical (unpaired) electrons. The Bertz CT molecular complexity index is 1440. The van der Waals surface area contributed by atoms with Crippen molar-refractivity contribution in [3.63, 3.8) is 0 Å². The Kier molecular flexibility index (Phi) is 7.46. The SMILES string of the molecule is Cc1cc([C@H]2[C@H](c3ccccn3)NC(=S)N2CCC(=O)Nc2ccccc2F)c(C)n1Cc1cccnc1. The van der Waals surface area contributed by atoms with Crippen molar-refractivity contribution in [1.82, 2.24) is 24.8 Å². The van der Waals surface area contributed by atoms with Gasteiger partial charge in [0.1, 0.15) is 5.82 Å². The molecule has 0 aliphatic carbocycles. The number of benzene rings is 1. The highest BCUT2D eigenvalue weighted by atomic mass is 32.1. The largest absolute Gasteiger partial charge is 0.352 e. The highest BCUT2D eigenvalue weighted by molar-refractivity contribution is 7.80. The molecule has 1 aromatic carbocycles. The summed E-state index contributed by atoms with van der Waals surface area (Å²) in [5.41, 5.74) is 5.50. The molecule has 9 heteroatoms.